The van der Waals surface area contributed by atoms with Crippen LogP contribution in [0.15, 0.2) is 0 Å². The Morgan fingerprint density at radius 2 is 1.83 bits per heavy atom. The number of hydrazine groups is 1. The van der Waals surface area contributed by atoms with Crippen LogP contribution in [0.3, 0.4) is 0 Å². The summed E-state index contributed by atoms with van der Waals surface area (Å²) in [6, 6.07) is -0.0365. The van der Waals surface area contributed by atoms with E-state index in [4.69, 9.17) is 0 Å². The Morgan fingerprint density at radius 3 is 2.33 bits per heavy atom. The van der Waals surface area contributed by atoms with Gasteiger partial charge in [0.1, 0.15) is 0 Å². The fourth-order valence-corrected chi connectivity index (χ4v) is 1.20. The minimum atomic E-state index is -0.0365. The van der Waals surface area contributed by atoms with Gasteiger partial charge in [-0.2, -0.15) is 0 Å². The van der Waals surface area contributed by atoms with Gasteiger partial charge in [0, 0.05) is 33.2 Å². The summed E-state index contributed by atoms with van der Waals surface area (Å²) >= 11 is 0. The SMILES string of the molecule is CNNC(=O)N1CCN(C)CC1. The maximum absolute atomic E-state index is 11.2. The van der Waals surface area contributed by atoms with Crippen LogP contribution in [0.2, 0.25) is 0 Å². The number of likely N-dealkylation sites (N-methyl/N-ethyl adjacent to an activating group) is 1. The van der Waals surface area contributed by atoms with Crippen LogP contribution in [0.5, 0.6) is 0 Å². The second-order valence-electron chi connectivity index (χ2n) is 2.97. The minimum Gasteiger partial charge on any atom is -0.321 e. The molecule has 1 saturated heterocycles. The molecule has 0 aromatic heterocycles. The number of amides is 2. The Kier molecular flexibility index (Phi) is 3.31. The maximum Gasteiger partial charge on any atom is 0.331 e. The van der Waals surface area contributed by atoms with Crippen LogP contribution in [0, 0.1) is 0 Å². The van der Waals surface area contributed by atoms with Gasteiger partial charge in [-0.25, -0.2) is 10.2 Å². The van der Waals surface area contributed by atoms with Gasteiger partial charge in [0.05, 0.1) is 0 Å². The molecule has 0 unspecified atom stereocenters. The van der Waals surface area contributed by atoms with Crippen molar-refractivity contribution in [2.75, 3.05) is 40.3 Å². The number of carbonyl (C=O) groups is 1. The highest BCUT2D eigenvalue weighted by Gasteiger charge is 2.17. The Bertz CT molecular complexity index is 153. The van der Waals surface area contributed by atoms with Crippen molar-refractivity contribution in [1.29, 1.82) is 0 Å². The van der Waals surface area contributed by atoms with E-state index in [0.717, 1.165) is 26.2 Å². The first-order valence-corrected chi connectivity index (χ1v) is 4.14. The smallest absolute Gasteiger partial charge is 0.321 e. The number of carbonyl (C=O) groups excluding carboxylic acids is 1. The topological polar surface area (TPSA) is 47.6 Å². The molecule has 12 heavy (non-hydrogen) atoms. The highest BCUT2D eigenvalue weighted by atomic mass is 16.2. The third-order valence-electron chi connectivity index (χ3n) is 2.02. The molecular formula is C7H16N4O. The number of urea groups is 1. The van der Waals surface area contributed by atoms with Crippen LogP contribution in [0.4, 0.5) is 4.79 Å². The molecule has 2 amide bonds. The molecule has 1 aliphatic rings. The number of hydrogen-bond acceptors (Lipinski definition) is 3. The molecule has 0 atom stereocenters. The summed E-state index contributed by atoms with van der Waals surface area (Å²) in [6.45, 7) is 3.53. The van der Waals surface area contributed by atoms with E-state index < -0.39 is 0 Å². The average Bonchev–Trinajstić information content (AvgIpc) is 2.06. The van der Waals surface area contributed by atoms with Crippen LogP contribution >= 0.6 is 0 Å². The molecule has 70 valence electrons. The molecule has 2 N–H and O–H groups in total. The zero-order valence-electron chi connectivity index (χ0n) is 7.63. The predicted octanol–water partition coefficient (Wildman–Crippen LogP) is -0.922. The molecule has 0 spiro atoms. The van der Waals surface area contributed by atoms with Gasteiger partial charge in [0.2, 0.25) is 0 Å². The summed E-state index contributed by atoms with van der Waals surface area (Å²) in [4.78, 5) is 15.3. The lowest BCUT2D eigenvalue weighted by molar-refractivity contribution is 0.152. The van der Waals surface area contributed by atoms with E-state index in [2.05, 4.69) is 22.8 Å². The quantitative estimate of drug-likeness (QED) is 0.503. The van der Waals surface area contributed by atoms with Crippen molar-refractivity contribution in [3.05, 3.63) is 0 Å². The molecule has 1 aliphatic heterocycles. The van der Waals surface area contributed by atoms with Gasteiger partial charge in [-0.05, 0) is 7.05 Å². The normalized spacial score (nSPS) is 19.3. The molecule has 1 rings (SSSR count). The molecule has 1 fully saturated rings. The third kappa shape index (κ3) is 2.35. The summed E-state index contributed by atoms with van der Waals surface area (Å²) in [7, 11) is 3.75. The molecule has 5 nitrogen and oxygen atoms in total. The zero-order chi connectivity index (χ0) is 8.97. The number of piperazine rings is 1. The fourth-order valence-electron chi connectivity index (χ4n) is 1.20. The van der Waals surface area contributed by atoms with Gasteiger partial charge in [0.25, 0.3) is 0 Å². The van der Waals surface area contributed by atoms with Crippen LogP contribution < -0.4 is 10.9 Å². The van der Waals surface area contributed by atoms with Crippen LogP contribution in [0.25, 0.3) is 0 Å². The largest absolute Gasteiger partial charge is 0.331 e. The number of hydrogen-bond donors (Lipinski definition) is 2. The Labute approximate surface area is 72.7 Å². The Morgan fingerprint density at radius 1 is 1.25 bits per heavy atom. The molecule has 0 aromatic rings. The standard InChI is InChI=1S/C7H16N4O/c1-8-9-7(12)11-5-3-10(2)4-6-11/h8H,3-6H2,1-2H3,(H,9,12). The van der Waals surface area contributed by atoms with E-state index in [1.807, 2.05) is 0 Å². The van der Waals surface area contributed by atoms with E-state index in [0.29, 0.717) is 0 Å². The van der Waals surface area contributed by atoms with Crippen molar-refractivity contribution in [3.8, 4) is 0 Å². The second-order valence-corrected chi connectivity index (χ2v) is 2.97. The Hall–Kier alpha value is -0.810. The lowest BCUT2D eigenvalue weighted by Crippen LogP contribution is -2.52. The van der Waals surface area contributed by atoms with Gasteiger partial charge in [0.15, 0.2) is 0 Å². The average molecular weight is 172 g/mol. The summed E-state index contributed by atoms with van der Waals surface area (Å²) in [5.41, 5.74) is 5.17. The molecular weight excluding hydrogens is 156 g/mol. The fraction of sp³-hybridized carbons (Fsp3) is 0.857. The summed E-state index contributed by atoms with van der Waals surface area (Å²) in [5.74, 6) is 0. The third-order valence-corrected chi connectivity index (χ3v) is 2.02. The monoisotopic (exact) mass is 172 g/mol. The first kappa shape index (κ1) is 9.28. The van der Waals surface area contributed by atoms with Crippen molar-refractivity contribution < 1.29 is 4.79 Å². The molecule has 0 aromatic carbocycles. The van der Waals surface area contributed by atoms with Crippen molar-refractivity contribution in [3.63, 3.8) is 0 Å². The maximum atomic E-state index is 11.2. The summed E-state index contributed by atoms with van der Waals surface area (Å²) in [5, 5.41) is 0. The van der Waals surface area contributed by atoms with Gasteiger partial charge < -0.3 is 9.80 Å². The predicted molar refractivity (Wildman–Crippen MR) is 46.7 cm³/mol. The number of nitrogens with zero attached hydrogens (tertiary/aromatic N) is 2. The second kappa shape index (κ2) is 4.27. The zero-order valence-corrected chi connectivity index (χ0v) is 7.63. The van der Waals surface area contributed by atoms with Crippen molar-refractivity contribution >= 4 is 6.03 Å². The summed E-state index contributed by atoms with van der Waals surface area (Å²) in [6.07, 6.45) is 0. The first-order valence-electron chi connectivity index (χ1n) is 4.14. The molecule has 1 heterocycles. The van der Waals surface area contributed by atoms with Gasteiger partial charge in [-0.1, -0.05) is 0 Å². The van der Waals surface area contributed by atoms with Crippen molar-refractivity contribution in [1.82, 2.24) is 20.7 Å². The van der Waals surface area contributed by atoms with E-state index in [1.165, 1.54) is 0 Å². The lowest BCUT2D eigenvalue weighted by atomic mass is 10.3. The molecule has 0 aliphatic carbocycles. The van der Waals surface area contributed by atoms with E-state index >= 15 is 0 Å². The molecule has 5 heteroatoms. The van der Waals surface area contributed by atoms with E-state index in [-0.39, 0.29) is 6.03 Å². The summed E-state index contributed by atoms with van der Waals surface area (Å²) < 4.78 is 0. The van der Waals surface area contributed by atoms with Gasteiger partial charge >= 0.3 is 6.03 Å². The van der Waals surface area contributed by atoms with Crippen LogP contribution in [-0.4, -0.2) is 56.1 Å². The highest BCUT2D eigenvalue weighted by molar-refractivity contribution is 5.73. The molecule has 0 bridgehead atoms. The highest BCUT2D eigenvalue weighted by Crippen LogP contribution is 1.98. The molecule has 0 radical (unpaired) electrons. The molecule has 0 saturated carbocycles. The lowest BCUT2D eigenvalue weighted by Gasteiger charge is -2.32. The number of rotatable bonds is 1. The van der Waals surface area contributed by atoms with Gasteiger partial charge in [-0.15, -0.1) is 0 Å². The van der Waals surface area contributed by atoms with E-state index in [1.54, 1.807) is 11.9 Å². The van der Waals surface area contributed by atoms with Crippen LogP contribution in [-0.2, 0) is 0 Å². The van der Waals surface area contributed by atoms with Crippen molar-refractivity contribution in [2.24, 2.45) is 0 Å². The number of nitrogens with one attached hydrogen (secondary N) is 2. The van der Waals surface area contributed by atoms with E-state index in [9.17, 15) is 4.79 Å². The van der Waals surface area contributed by atoms with Gasteiger partial charge in [-0.3, -0.25) is 5.43 Å². The first-order chi connectivity index (χ1) is 5.74. The Balaban J connectivity index is 2.29. The van der Waals surface area contributed by atoms with Crippen LogP contribution in [0.1, 0.15) is 0 Å². The minimum absolute atomic E-state index is 0.0365. The van der Waals surface area contributed by atoms with Crippen molar-refractivity contribution in [2.45, 2.75) is 0 Å².